The molecule has 6 nitrogen and oxygen atoms in total. The Hall–Kier alpha value is -1.72. The van der Waals surface area contributed by atoms with E-state index in [0.29, 0.717) is 31.6 Å². The Morgan fingerprint density at radius 2 is 1.85 bits per heavy atom. The minimum absolute atomic E-state index is 0.141. The highest BCUT2D eigenvalue weighted by Crippen LogP contribution is 2.08. The van der Waals surface area contributed by atoms with Gasteiger partial charge >= 0.3 is 0 Å². The number of rotatable bonds is 11. The van der Waals surface area contributed by atoms with Crippen molar-refractivity contribution in [1.82, 2.24) is 15.2 Å². The van der Waals surface area contributed by atoms with E-state index < -0.39 is 0 Å². The van der Waals surface area contributed by atoms with Gasteiger partial charge in [-0.05, 0) is 12.8 Å². The quantitative estimate of drug-likeness (QED) is 0.610. The molecule has 2 N–H and O–H groups in total. The van der Waals surface area contributed by atoms with E-state index in [1.54, 1.807) is 0 Å². The van der Waals surface area contributed by atoms with E-state index in [1.165, 1.54) is 25.6 Å². The van der Waals surface area contributed by atoms with Crippen LogP contribution in [0.5, 0.6) is 0 Å². The molecule has 0 saturated heterocycles. The summed E-state index contributed by atoms with van der Waals surface area (Å²) in [6.07, 6.45) is 9.17. The first-order valence-corrected chi connectivity index (χ1v) is 7.39. The van der Waals surface area contributed by atoms with Crippen molar-refractivity contribution in [3.8, 4) is 0 Å². The van der Waals surface area contributed by atoms with Gasteiger partial charge in [0.05, 0.1) is 0 Å². The van der Waals surface area contributed by atoms with Crippen LogP contribution in [-0.4, -0.2) is 26.9 Å². The minimum Gasteiger partial charge on any atom is -0.300 e. The topological polar surface area (TPSA) is 87.7 Å². The maximum Gasteiger partial charge on any atom is 0.226 e. The molecule has 1 aromatic heterocycles. The van der Waals surface area contributed by atoms with Crippen LogP contribution in [0.2, 0.25) is 0 Å². The molecule has 0 aromatic carbocycles. The monoisotopic (exact) mass is 280 g/mol. The summed E-state index contributed by atoms with van der Waals surface area (Å²) in [5.41, 5.74) is 0. The van der Waals surface area contributed by atoms with E-state index in [4.69, 9.17) is 0 Å². The van der Waals surface area contributed by atoms with Crippen molar-refractivity contribution in [1.29, 1.82) is 0 Å². The number of carbonyl (C=O) groups is 2. The number of nitrogens with one attached hydrogen (secondary N) is 2. The molecule has 0 aliphatic heterocycles. The maximum atomic E-state index is 11.6. The van der Waals surface area contributed by atoms with Gasteiger partial charge in [0.1, 0.15) is 12.1 Å². The van der Waals surface area contributed by atoms with Crippen molar-refractivity contribution in [2.75, 3.05) is 5.32 Å². The molecule has 0 spiro atoms. The molecule has 112 valence electrons. The summed E-state index contributed by atoms with van der Waals surface area (Å²) in [6.45, 7) is 2.18. The molecule has 1 rings (SSSR count). The van der Waals surface area contributed by atoms with Crippen molar-refractivity contribution < 1.29 is 9.59 Å². The van der Waals surface area contributed by atoms with Gasteiger partial charge in [-0.25, -0.2) is 5.10 Å². The van der Waals surface area contributed by atoms with Crippen molar-refractivity contribution in [2.45, 2.75) is 64.7 Å². The van der Waals surface area contributed by atoms with E-state index in [-0.39, 0.29) is 11.7 Å². The second kappa shape index (κ2) is 10.1. The van der Waals surface area contributed by atoms with Gasteiger partial charge in [-0.3, -0.25) is 14.9 Å². The Morgan fingerprint density at radius 1 is 1.10 bits per heavy atom. The third kappa shape index (κ3) is 7.66. The lowest BCUT2D eigenvalue weighted by Crippen LogP contribution is -2.13. The van der Waals surface area contributed by atoms with Gasteiger partial charge in [0, 0.05) is 19.3 Å². The molecule has 0 atom stereocenters. The number of anilines is 1. The first-order valence-electron chi connectivity index (χ1n) is 7.39. The predicted molar refractivity (Wildman–Crippen MR) is 77.2 cm³/mol. The Kier molecular flexibility index (Phi) is 8.26. The second-order valence-corrected chi connectivity index (χ2v) is 4.94. The van der Waals surface area contributed by atoms with Crippen LogP contribution in [0.1, 0.15) is 64.7 Å². The summed E-state index contributed by atoms with van der Waals surface area (Å²) < 4.78 is 0. The van der Waals surface area contributed by atoms with E-state index in [0.717, 1.165) is 12.8 Å². The summed E-state index contributed by atoms with van der Waals surface area (Å²) >= 11 is 0. The molecule has 6 heteroatoms. The van der Waals surface area contributed by atoms with Crippen LogP contribution in [0, 0.1) is 0 Å². The van der Waals surface area contributed by atoms with Crippen LogP contribution in [0.15, 0.2) is 6.33 Å². The van der Waals surface area contributed by atoms with Gasteiger partial charge in [-0.2, -0.15) is 10.1 Å². The second-order valence-electron chi connectivity index (χ2n) is 4.94. The number of nitrogens with zero attached hydrogens (tertiary/aromatic N) is 2. The Bertz CT molecular complexity index is 390. The molecule has 1 aromatic rings. The highest BCUT2D eigenvalue weighted by atomic mass is 16.1. The Labute approximate surface area is 119 Å². The zero-order valence-electron chi connectivity index (χ0n) is 12.2. The lowest BCUT2D eigenvalue weighted by molar-refractivity contribution is -0.119. The zero-order chi connectivity index (χ0) is 14.6. The van der Waals surface area contributed by atoms with Crippen molar-refractivity contribution in [3.05, 3.63) is 6.33 Å². The molecule has 0 saturated carbocycles. The van der Waals surface area contributed by atoms with Gasteiger partial charge in [0.2, 0.25) is 11.9 Å². The molecule has 20 heavy (non-hydrogen) atoms. The van der Waals surface area contributed by atoms with Crippen LogP contribution in [-0.2, 0) is 9.59 Å². The summed E-state index contributed by atoms with van der Waals surface area (Å²) in [6, 6.07) is 0. The van der Waals surface area contributed by atoms with Crippen LogP contribution in [0.4, 0.5) is 5.95 Å². The lowest BCUT2D eigenvalue weighted by Gasteiger charge is -2.02. The Balaban J connectivity index is 1.99. The maximum absolute atomic E-state index is 11.6. The first kappa shape index (κ1) is 16.3. The number of hydrogen-bond donors (Lipinski definition) is 2. The zero-order valence-corrected chi connectivity index (χ0v) is 12.2. The molecule has 0 aliphatic carbocycles. The van der Waals surface area contributed by atoms with E-state index in [1.807, 2.05) is 0 Å². The van der Waals surface area contributed by atoms with Crippen LogP contribution in [0.25, 0.3) is 0 Å². The normalized spacial score (nSPS) is 10.4. The average Bonchev–Trinajstić information content (AvgIpc) is 2.91. The largest absolute Gasteiger partial charge is 0.300 e. The summed E-state index contributed by atoms with van der Waals surface area (Å²) in [5, 5.41) is 8.77. The molecule has 1 heterocycles. The molecule has 0 unspecified atom stereocenters. The van der Waals surface area contributed by atoms with E-state index >= 15 is 0 Å². The smallest absolute Gasteiger partial charge is 0.226 e. The van der Waals surface area contributed by atoms with Gasteiger partial charge in [0.25, 0.3) is 0 Å². The van der Waals surface area contributed by atoms with Gasteiger partial charge in [0.15, 0.2) is 0 Å². The molecule has 1 amide bonds. The predicted octanol–water partition coefficient (Wildman–Crippen LogP) is 2.84. The number of carbonyl (C=O) groups excluding carboxylic acids is 2. The molecule has 0 bridgehead atoms. The summed E-state index contributed by atoms with van der Waals surface area (Å²) in [7, 11) is 0. The van der Waals surface area contributed by atoms with Crippen LogP contribution < -0.4 is 5.32 Å². The molecule has 0 radical (unpaired) electrons. The number of aromatic nitrogens is 3. The molecular weight excluding hydrogens is 256 g/mol. The SMILES string of the molecule is CCCCCCCC(=O)CCCC(=O)Nc1ncn[nH]1. The number of hydrogen-bond acceptors (Lipinski definition) is 4. The minimum atomic E-state index is -0.141. The number of aromatic amines is 1. The molecular formula is C14H24N4O2. The fraction of sp³-hybridized carbons (Fsp3) is 0.714. The van der Waals surface area contributed by atoms with Gasteiger partial charge in [-0.1, -0.05) is 32.6 Å². The van der Waals surface area contributed by atoms with E-state index in [9.17, 15) is 9.59 Å². The third-order valence-corrected chi connectivity index (χ3v) is 3.09. The number of H-pyrrole nitrogens is 1. The Morgan fingerprint density at radius 3 is 2.55 bits per heavy atom. The molecule has 0 fully saturated rings. The van der Waals surface area contributed by atoms with Crippen LogP contribution >= 0.6 is 0 Å². The summed E-state index contributed by atoms with van der Waals surface area (Å²) in [5.74, 6) is 0.462. The van der Waals surface area contributed by atoms with Crippen molar-refractivity contribution in [3.63, 3.8) is 0 Å². The fourth-order valence-corrected chi connectivity index (χ4v) is 1.96. The third-order valence-electron chi connectivity index (χ3n) is 3.09. The van der Waals surface area contributed by atoms with Crippen molar-refractivity contribution >= 4 is 17.6 Å². The number of amides is 1. The fourth-order valence-electron chi connectivity index (χ4n) is 1.96. The van der Waals surface area contributed by atoms with E-state index in [2.05, 4.69) is 27.4 Å². The number of ketones is 1. The van der Waals surface area contributed by atoms with Gasteiger partial charge < -0.3 is 0 Å². The average molecular weight is 280 g/mol. The number of unbranched alkanes of at least 4 members (excludes halogenated alkanes) is 4. The lowest BCUT2D eigenvalue weighted by atomic mass is 10.1. The molecule has 0 aliphatic rings. The van der Waals surface area contributed by atoms with Crippen molar-refractivity contribution in [2.24, 2.45) is 0 Å². The van der Waals surface area contributed by atoms with Gasteiger partial charge in [-0.15, -0.1) is 0 Å². The summed E-state index contributed by atoms with van der Waals surface area (Å²) in [4.78, 5) is 26.9. The first-order chi connectivity index (χ1) is 9.72. The highest BCUT2D eigenvalue weighted by Gasteiger charge is 2.06. The standard InChI is InChI=1S/C14H24N4O2/c1-2-3-4-5-6-8-12(19)9-7-10-13(20)17-14-15-11-16-18-14/h11H,2-10H2,1H3,(H2,15,16,17,18,20). The highest BCUT2D eigenvalue weighted by molar-refractivity contribution is 5.89. The van der Waals surface area contributed by atoms with Crippen LogP contribution in [0.3, 0.4) is 0 Å². The number of Topliss-reactive ketones (excluding diaryl/α,β-unsaturated/α-hetero) is 1.